The van der Waals surface area contributed by atoms with Gasteiger partial charge < -0.3 is 14.9 Å². The number of aliphatic hydroxyl groups is 2. The Hall–Kier alpha value is -1.06. The molecule has 0 heterocycles. The number of rotatable bonds is 3. The van der Waals surface area contributed by atoms with Crippen molar-refractivity contribution in [3.8, 4) is 5.75 Å². The molecule has 1 saturated carbocycles. The molecule has 0 spiro atoms. The Kier molecular flexibility index (Phi) is 4.25. The summed E-state index contributed by atoms with van der Waals surface area (Å²) in [7, 11) is 0. The van der Waals surface area contributed by atoms with Crippen molar-refractivity contribution in [2.75, 3.05) is 0 Å². The number of hydrogen-bond acceptors (Lipinski definition) is 3. The monoisotopic (exact) mass is 250 g/mol. The van der Waals surface area contributed by atoms with Gasteiger partial charge in [0.15, 0.2) is 0 Å². The summed E-state index contributed by atoms with van der Waals surface area (Å²) in [6, 6.07) is 5.70. The van der Waals surface area contributed by atoms with Gasteiger partial charge in [-0.05, 0) is 56.4 Å². The molecule has 0 radical (unpaired) electrons. The first-order chi connectivity index (χ1) is 8.58. The van der Waals surface area contributed by atoms with Crippen molar-refractivity contribution in [1.29, 1.82) is 0 Å². The fourth-order valence-electron chi connectivity index (χ4n) is 2.44. The van der Waals surface area contributed by atoms with E-state index in [9.17, 15) is 10.2 Å². The molecule has 100 valence electrons. The molecular weight excluding hydrogens is 228 g/mol. The van der Waals surface area contributed by atoms with Crippen molar-refractivity contribution in [3.05, 3.63) is 29.3 Å². The molecule has 3 heteroatoms. The lowest BCUT2D eigenvalue weighted by Crippen LogP contribution is -2.34. The minimum Gasteiger partial charge on any atom is -0.487 e. The topological polar surface area (TPSA) is 49.7 Å². The highest BCUT2D eigenvalue weighted by atomic mass is 16.5. The zero-order valence-corrected chi connectivity index (χ0v) is 11.1. The third-order valence-electron chi connectivity index (χ3n) is 3.63. The van der Waals surface area contributed by atoms with E-state index in [0.717, 1.165) is 42.6 Å². The molecule has 2 N–H and O–H groups in total. The highest BCUT2D eigenvalue weighted by Crippen LogP contribution is 2.27. The van der Waals surface area contributed by atoms with Gasteiger partial charge in [0.1, 0.15) is 11.9 Å². The van der Waals surface area contributed by atoms with Crippen molar-refractivity contribution in [3.63, 3.8) is 0 Å². The molecule has 3 atom stereocenters. The van der Waals surface area contributed by atoms with Crippen molar-refractivity contribution >= 4 is 0 Å². The van der Waals surface area contributed by atoms with E-state index in [1.807, 2.05) is 25.1 Å². The van der Waals surface area contributed by atoms with E-state index in [1.54, 1.807) is 6.92 Å². The molecule has 18 heavy (non-hydrogen) atoms. The molecular formula is C15H22O3. The van der Waals surface area contributed by atoms with Gasteiger partial charge in [0.05, 0.1) is 12.2 Å². The van der Waals surface area contributed by atoms with Crippen LogP contribution in [0.4, 0.5) is 0 Å². The molecule has 1 aromatic rings. The minimum absolute atomic E-state index is 0.0881. The molecule has 2 rings (SSSR count). The number of aliphatic hydroxyl groups excluding tert-OH is 2. The Bertz CT molecular complexity index is 401. The summed E-state index contributed by atoms with van der Waals surface area (Å²) in [4.78, 5) is 0. The lowest BCUT2D eigenvalue weighted by molar-refractivity contribution is 0.00651. The molecule has 1 aliphatic rings. The quantitative estimate of drug-likeness (QED) is 0.867. The third kappa shape index (κ3) is 3.03. The Morgan fingerprint density at radius 3 is 2.61 bits per heavy atom. The first kappa shape index (κ1) is 13.4. The molecule has 0 bridgehead atoms. The van der Waals surface area contributed by atoms with Crippen LogP contribution in [0.2, 0.25) is 0 Å². The van der Waals surface area contributed by atoms with E-state index in [0.29, 0.717) is 0 Å². The second kappa shape index (κ2) is 5.72. The largest absolute Gasteiger partial charge is 0.487 e. The van der Waals surface area contributed by atoms with Crippen molar-refractivity contribution in [1.82, 2.24) is 0 Å². The van der Waals surface area contributed by atoms with Crippen LogP contribution < -0.4 is 4.74 Å². The first-order valence-electron chi connectivity index (χ1n) is 6.71. The molecule has 0 saturated heterocycles. The Morgan fingerprint density at radius 2 is 2.00 bits per heavy atom. The minimum atomic E-state index is -0.460. The average Bonchev–Trinajstić information content (AvgIpc) is 2.34. The van der Waals surface area contributed by atoms with Crippen LogP contribution in [0.25, 0.3) is 0 Å². The zero-order valence-electron chi connectivity index (χ0n) is 11.1. The Balaban J connectivity index is 2.09. The summed E-state index contributed by atoms with van der Waals surface area (Å²) in [6.07, 6.45) is 3.05. The SMILES string of the molecule is Cc1cc(C(C)O)ccc1OC1CCCCC1O. The summed E-state index contributed by atoms with van der Waals surface area (Å²) >= 11 is 0. The summed E-state index contributed by atoms with van der Waals surface area (Å²) in [5.74, 6) is 0.811. The second-order valence-corrected chi connectivity index (χ2v) is 5.21. The predicted octanol–water partition coefficient (Wildman–Crippen LogP) is 2.73. The van der Waals surface area contributed by atoms with Gasteiger partial charge in [-0.25, -0.2) is 0 Å². The van der Waals surface area contributed by atoms with E-state index >= 15 is 0 Å². The molecule has 1 fully saturated rings. The highest BCUT2D eigenvalue weighted by molar-refractivity contribution is 5.37. The van der Waals surface area contributed by atoms with E-state index in [4.69, 9.17) is 4.74 Å². The summed E-state index contributed by atoms with van der Waals surface area (Å²) < 4.78 is 5.90. The zero-order chi connectivity index (χ0) is 13.1. The smallest absolute Gasteiger partial charge is 0.124 e. The van der Waals surface area contributed by atoms with Crippen molar-refractivity contribution in [2.45, 2.75) is 57.8 Å². The van der Waals surface area contributed by atoms with Gasteiger partial charge in [0, 0.05) is 0 Å². The maximum Gasteiger partial charge on any atom is 0.124 e. The maximum atomic E-state index is 9.90. The molecule has 3 unspecified atom stereocenters. The van der Waals surface area contributed by atoms with Gasteiger partial charge in [-0.2, -0.15) is 0 Å². The fraction of sp³-hybridized carbons (Fsp3) is 0.600. The van der Waals surface area contributed by atoms with Gasteiger partial charge >= 0.3 is 0 Å². The fourth-order valence-corrected chi connectivity index (χ4v) is 2.44. The molecule has 1 aliphatic carbocycles. The van der Waals surface area contributed by atoms with Gasteiger partial charge in [-0.15, -0.1) is 0 Å². The van der Waals surface area contributed by atoms with Gasteiger partial charge in [-0.3, -0.25) is 0 Å². The molecule has 0 amide bonds. The lowest BCUT2D eigenvalue weighted by atomic mass is 9.94. The third-order valence-corrected chi connectivity index (χ3v) is 3.63. The van der Waals surface area contributed by atoms with Crippen LogP contribution in [0, 0.1) is 6.92 Å². The van der Waals surface area contributed by atoms with E-state index in [1.165, 1.54) is 0 Å². The number of ether oxygens (including phenoxy) is 1. The average molecular weight is 250 g/mol. The van der Waals surface area contributed by atoms with Crippen LogP contribution in [0.3, 0.4) is 0 Å². The van der Waals surface area contributed by atoms with E-state index in [-0.39, 0.29) is 12.2 Å². The molecule has 1 aromatic carbocycles. The standard InChI is InChI=1S/C15H22O3/c1-10-9-12(11(2)16)7-8-14(10)18-15-6-4-3-5-13(15)17/h7-9,11,13,15-17H,3-6H2,1-2H3. The number of hydrogen-bond donors (Lipinski definition) is 2. The second-order valence-electron chi connectivity index (χ2n) is 5.21. The van der Waals surface area contributed by atoms with Gasteiger partial charge in [-0.1, -0.05) is 12.5 Å². The van der Waals surface area contributed by atoms with Crippen molar-refractivity contribution in [2.24, 2.45) is 0 Å². The first-order valence-corrected chi connectivity index (χ1v) is 6.71. The van der Waals surface area contributed by atoms with Crippen LogP contribution in [0.1, 0.15) is 49.8 Å². The Morgan fingerprint density at radius 1 is 1.28 bits per heavy atom. The lowest BCUT2D eigenvalue weighted by Gasteiger charge is -2.29. The summed E-state index contributed by atoms with van der Waals surface area (Å²) in [5.41, 5.74) is 1.90. The molecule has 3 nitrogen and oxygen atoms in total. The maximum absolute atomic E-state index is 9.90. The molecule has 0 aromatic heterocycles. The van der Waals surface area contributed by atoms with Crippen LogP contribution >= 0.6 is 0 Å². The Labute approximate surface area is 108 Å². The number of aryl methyl sites for hydroxylation is 1. The van der Waals surface area contributed by atoms with Gasteiger partial charge in [0.25, 0.3) is 0 Å². The molecule has 0 aliphatic heterocycles. The van der Waals surface area contributed by atoms with Gasteiger partial charge in [0.2, 0.25) is 0 Å². The van der Waals surface area contributed by atoms with Crippen LogP contribution in [0.5, 0.6) is 5.75 Å². The normalized spacial score (nSPS) is 25.8. The van der Waals surface area contributed by atoms with E-state index < -0.39 is 6.10 Å². The predicted molar refractivity (Wildman–Crippen MR) is 70.7 cm³/mol. The van der Waals surface area contributed by atoms with E-state index in [2.05, 4.69) is 0 Å². The summed E-state index contributed by atoms with van der Waals surface area (Å²) in [5, 5.41) is 19.4. The summed E-state index contributed by atoms with van der Waals surface area (Å²) in [6.45, 7) is 3.72. The van der Waals surface area contributed by atoms with Crippen molar-refractivity contribution < 1.29 is 14.9 Å². The van der Waals surface area contributed by atoms with Crippen LogP contribution in [-0.2, 0) is 0 Å². The highest BCUT2D eigenvalue weighted by Gasteiger charge is 2.25. The van der Waals surface area contributed by atoms with Crippen LogP contribution in [-0.4, -0.2) is 22.4 Å². The number of benzene rings is 1. The van der Waals surface area contributed by atoms with Crippen LogP contribution in [0.15, 0.2) is 18.2 Å².